The van der Waals surface area contributed by atoms with E-state index in [0.717, 1.165) is 28.3 Å². The minimum atomic E-state index is 0.601. The quantitative estimate of drug-likeness (QED) is 0.757. The summed E-state index contributed by atoms with van der Waals surface area (Å²) in [5.41, 5.74) is 8.61. The zero-order valence-electron chi connectivity index (χ0n) is 11.1. The molecule has 0 unspecified atom stereocenters. The van der Waals surface area contributed by atoms with Crippen molar-refractivity contribution in [2.45, 2.75) is 6.92 Å². The van der Waals surface area contributed by atoms with Crippen molar-refractivity contribution in [1.29, 1.82) is 0 Å². The van der Waals surface area contributed by atoms with Crippen LogP contribution in [0.3, 0.4) is 0 Å². The van der Waals surface area contributed by atoms with Gasteiger partial charge < -0.3 is 10.5 Å². The molecule has 0 spiro atoms. The molecule has 0 bridgehead atoms. The Morgan fingerprint density at radius 1 is 0.950 bits per heavy atom. The minimum absolute atomic E-state index is 0.601. The fraction of sp³-hybridized carbons (Fsp3) is 0.0625. The van der Waals surface area contributed by atoms with Gasteiger partial charge in [-0.15, -0.1) is 0 Å². The molecule has 3 rings (SSSR count). The van der Waals surface area contributed by atoms with Crippen LogP contribution in [-0.4, -0.2) is 10.2 Å². The normalized spacial score (nSPS) is 10.4. The number of ether oxygens (including phenoxy) is 1. The molecule has 1 heterocycles. The number of hydrogen-bond acceptors (Lipinski definition) is 3. The number of H-pyrrole nitrogens is 1. The van der Waals surface area contributed by atoms with E-state index in [1.165, 1.54) is 0 Å². The van der Waals surface area contributed by atoms with Gasteiger partial charge in [-0.2, -0.15) is 5.10 Å². The van der Waals surface area contributed by atoms with Gasteiger partial charge in [0.25, 0.3) is 0 Å². The Kier molecular flexibility index (Phi) is 3.13. The zero-order valence-corrected chi connectivity index (χ0v) is 11.1. The molecule has 0 atom stereocenters. The molecule has 0 amide bonds. The van der Waals surface area contributed by atoms with Crippen LogP contribution in [0.25, 0.3) is 11.3 Å². The molecule has 0 aliphatic carbocycles. The van der Waals surface area contributed by atoms with Gasteiger partial charge >= 0.3 is 0 Å². The Bertz CT molecular complexity index is 702. The van der Waals surface area contributed by atoms with E-state index >= 15 is 0 Å². The van der Waals surface area contributed by atoms with E-state index < -0.39 is 0 Å². The first kappa shape index (κ1) is 12.3. The predicted molar refractivity (Wildman–Crippen MR) is 79.7 cm³/mol. The number of nitrogens with two attached hydrogens (primary N) is 1. The third-order valence-corrected chi connectivity index (χ3v) is 3.15. The van der Waals surface area contributed by atoms with E-state index in [1.54, 1.807) is 0 Å². The number of hydrogen-bond donors (Lipinski definition) is 2. The molecular weight excluding hydrogens is 250 g/mol. The highest BCUT2D eigenvalue weighted by Gasteiger charge is 2.08. The molecule has 4 nitrogen and oxygen atoms in total. The van der Waals surface area contributed by atoms with Crippen molar-refractivity contribution in [2.75, 3.05) is 5.73 Å². The first-order valence-corrected chi connectivity index (χ1v) is 6.38. The van der Waals surface area contributed by atoms with Crippen molar-refractivity contribution < 1.29 is 4.74 Å². The van der Waals surface area contributed by atoms with Crippen molar-refractivity contribution in [3.05, 3.63) is 60.2 Å². The molecule has 0 fully saturated rings. The Morgan fingerprint density at radius 2 is 1.60 bits per heavy atom. The zero-order chi connectivity index (χ0) is 13.9. The topological polar surface area (TPSA) is 63.9 Å². The van der Waals surface area contributed by atoms with Crippen LogP contribution in [0.5, 0.6) is 11.5 Å². The van der Waals surface area contributed by atoms with Crippen LogP contribution in [0.15, 0.2) is 54.6 Å². The summed E-state index contributed by atoms with van der Waals surface area (Å²) in [5.74, 6) is 2.21. The standard InChI is InChI=1S/C16H15N3O/c1-11-15(18-19-16(11)17)12-7-9-14(10-8-12)20-13-5-3-2-4-6-13/h2-10H,1H3,(H3,17,18,19). The molecule has 1 aromatic heterocycles. The van der Waals surface area contributed by atoms with Gasteiger partial charge in [0.15, 0.2) is 0 Å². The summed E-state index contributed by atoms with van der Waals surface area (Å²) in [4.78, 5) is 0. The number of para-hydroxylation sites is 1. The van der Waals surface area contributed by atoms with Gasteiger partial charge in [0.1, 0.15) is 17.3 Å². The molecule has 0 radical (unpaired) electrons. The van der Waals surface area contributed by atoms with Gasteiger partial charge in [0.2, 0.25) is 0 Å². The maximum absolute atomic E-state index is 5.77. The van der Waals surface area contributed by atoms with Crippen LogP contribution >= 0.6 is 0 Å². The molecule has 3 N–H and O–H groups in total. The smallest absolute Gasteiger partial charge is 0.127 e. The van der Waals surface area contributed by atoms with Crippen molar-refractivity contribution >= 4 is 5.82 Å². The average Bonchev–Trinajstić information content (AvgIpc) is 2.81. The molecule has 0 saturated carbocycles. The molecule has 0 saturated heterocycles. The number of rotatable bonds is 3. The van der Waals surface area contributed by atoms with Gasteiger partial charge in [-0.05, 0) is 43.3 Å². The average molecular weight is 265 g/mol. The van der Waals surface area contributed by atoms with Crippen molar-refractivity contribution in [1.82, 2.24) is 10.2 Å². The molecule has 100 valence electrons. The maximum Gasteiger partial charge on any atom is 0.127 e. The van der Waals surface area contributed by atoms with Gasteiger partial charge in [-0.25, -0.2) is 0 Å². The van der Waals surface area contributed by atoms with E-state index in [0.29, 0.717) is 5.82 Å². The molecule has 2 aromatic carbocycles. The van der Waals surface area contributed by atoms with Gasteiger partial charge in [-0.1, -0.05) is 18.2 Å². The van der Waals surface area contributed by atoms with Crippen molar-refractivity contribution in [2.24, 2.45) is 0 Å². The van der Waals surface area contributed by atoms with E-state index in [9.17, 15) is 0 Å². The summed E-state index contributed by atoms with van der Waals surface area (Å²) < 4.78 is 5.75. The second kappa shape index (κ2) is 5.09. The van der Waals surface area contributed by atoms with Crippen molar-refractivity contribution in [3.63, 3.8) is 0 Å². The Hall–Kier alpha value is -2.75. The highest BCUT2D eigenvalue weighted by molar-refractivity contribution is 5.68. The maximum atomic E-state index is 5.77. The number of nitrogens with one attached hydrogen (secondary N) is 1. The summed E-state index contributed by atoms with van der Waals surface area (Å²) in [6.07, 6.45) is 0. The van der Waals surface area contributed by atoms with Crippen LogP contribution in [0.1, 0.15) is 5.56 Å². The summed E-state index contributed by atoms with van der Waals surface area (Å²) >= 11 is 0. The molecular formula is C16H15N3O. The SMILES string of the molecule is Cc1c(-c2ccc(Oc3ccccc3)cc2)n[nH]c1N. The summed E-state index contributed by atoms with van der Waals surface area (Å²) in [5, 5.41) is 6.99. The highest BCUT2D eigenvalue weighted by Crippen LogP contribution is 2.27. The summed E-state index contributed by atoms with van der Waals surface area (Å²) in [6, 6.07) is 17.5. The van der Waals surface area contributed by atoms with Crippen LogP contribution in [-0.2, 0) is 0 Å². The summed E-state index contributed by atoms with van der Waals surface area (Å²) in [7, 11) is 0. The molecule has 3 aromatic rings. The molecule has 20 heavy (non-hydrogen) atoms. The van der Waals surface area contributed by atoms with Gasteiger partial charge in [0, 0.05) is 11.1 Å². The first-order valence-electron chi connectivity index (χ1n) is 6.38. The first-order chi connectivity index (χ1) is 9.74. The highest BCUT2D eigenvalue weighted by atomic mass is 16.5. The monoisotopic (exact) mass is 265 g/mol. The predicted octanol–water partition coefficient (Wildman–Crippen LogP) is 3.76. The number of aromatic nitrogens is 2. The van der Waals surface area contributed by atoms with E-state index in [-0.39, 0.29) is 0 Å². The Morgan fingerprint density at radius 3 is 2.20 bits per heavy atom. The van der Waals surface area contributed by atoms with Crippen LogP contribution in [0, 0.1) is 6.92 Å². The van der Waals surface area contributed by atoms with Gasteiger partial charge in [0.05, 0.1) is 5.69 Å². The molecule has 0 aliphatic heterocycles. The second-order valence-corrected chi connectivity index (χ2v) is 4.55. The lowest BCUT2D eigenvalue weighted by Gasteiger charge is -2.06. The van der Waals surface area contributed by atoms with E-state index in [1.807, 2.05) is 61.5 Å². The minimum Gasteiger partial charge on any atom is -0.457 e. The van der Waals surface area contributed by atoms with Crippen LogP contribution < -0.4 is 10.5 Å². The molecule has 0 aliphatic rings. The van der Waals surface area contributed by atoms with E-state index in [4.69, 9.17) is 10.5 Å². The molecule has 4 heteroatoms. The number of nitrogen functional groups attached to an aromatic ring is 1. The Balaban J connectivity index is 1.83. The van der Waals surface area contributed by atoms with Crippen LogP contribution in [0.2, 0.25) is 0 Å². The third kappa shape index (κ3) is 2.36. The lowest BCUT2D eigenvalue weighted by atomic mass is 10.1. The largest absolute Gasteiger partial charge is 0.457 e. The fourth-order valence-electron chi connectivity index (χ4n) is 2.00. The number of nitrogens with zero attached hydrogens (tertiary/aromatic N) is 1. The fourth-order valence-corrected chi connectivity index (χ4v) is 2.00. The van der Waals surface area contributed by atoms with Gasteiger partial charge in [-0.3, -0.25) is 5.10 Å². The van der Waals surface area contributed by atoms with Crippen molar-refractivity contribution in [3.8, 4) is 22.8 Å². The summed E-state index contributed by atoms with van der Waals surface area (Å²) in [6.45, 7) is 1.95. The lowest BCUT2D eigenvalue weighted by Crippen LogP contribution is -1.87. The van der Waals surface area contributed by atoms with Crippen LogP contribution in [0.4, 0.5) is 5.82 Å². The third-order valence-electron chi connectivity index (χ3n) is 3.15. The number of aromatic amines is 1. The Labute approximate surface area is 117 Å². The number of benzene rings is 2. The second-order valence-electron chi connectivity index (χ2n) is 4.55. The lowest BCUT2D eigenvalue weighted by molar-refractivity contribution is 0.483. The van der Waals surface area contributed by atoms with E-state index in [2.05, 4.69) is 10.2 Å². The number of anilines is 1.